The Morgan fingerprint density at radius 1 is 1.50 bits per heavy atom. The van der Waals surface area contributed by atoms with Crippen LogP contribution in [0.1, 0.15) is 26.7 Å². The SMILES string of the molecule is C[CH]OC=CCCC. The minimum atomic E-state index is 1.10. The Labute approximate surface area is 51.4 Å². The molecule has 0 aromatic carbocycles. The molecule has 0 saturated heterocycles. The smallest absolute Gasteiger partial charge is 0.131 e. The Bertz CT molecular complexity index is 49.4. The van der Waals surface area contributed by atoms with Crippen LogP contribution in [0.4, 0.5) is 0 Å². The van der Waals surface area contributed by atoms with Crippen molar-refractivity contribution in [2.75, 3.05) is 0 Å². The lowest BCUT2D eigenvalue weighted by molar-refractivity contribution is 0.340. The van der Waals surface area contributed by atoms with Gasteiger partial charge in [-0.15, -0.1) is 0 Å². The normalized spacial score (nSPS) is 10.2. The van der Waals surface area contributed by atoms with Crippen molar-refractivity contribution in [2.24, 2.45) is 0 Å². The number of allylic oxidation sites excluding steroid dienone is 1. The molecule has 0 aliphatic rings. The molecule has 0 aromatic rings. The first-order chi connectivity index (χ1) is 3.91. The monoisotopic (exact) mass is 113 g/mol. The summed E-state index contributed by atoms with van der Waals surface area (Å²) in [5.74, 6) is 0. The summed E-state index contributed by atoms with van der Waals surface area (Å²) in [7, 11) is 0. The van der Waals surface area contributed by atoms with E-state index in [0.717, 1.165) is 6.42 Å². The standard InChI is InChI=1S/C7H13O/c1-3-5-6-7-8-4-2/h4,6-7H,3,5H2,1-2H3. The second-order valence-electron chi connectivity index (χ2n) is 1.53. The molecule has 8 heavy (non-hydrogen) atoms. The molecule has 0 atom stereocenters. The fraction of sp³-hybridized carbons (Fsp3) is 0.571. The van der Waals surface area contributed by atoms with Crippen LogP contribution in [0.15, 0.2) is 12.3 Å². The molecule has 1 heteroatoms. The molecule has 0 fully saturated rings. The molecular formula is C7H13O. The van der Waals surface area contributed by atoms with Crippen molar-refractivity contribution in [3.8, 4) is 0 Å². The zero-order valence-corrected chi connectivity index (χ0v) is 5.55. The van der Waals surface area contributed by atoms with Gasteiger partial charge in [0.1, 0.15) is 6.61 Å². The molecule has 0 aliphatic heterocycles. The van der Waals surface area contributed by atoms with Gasteiger partial charge in [0.25, 0.3) is 0 Å². The van der Waals surface area contributed by atoms with Gasteiger partial charge in [-0.3, -0.25) is 0 Å². The third kappa shape index (κ3) is 5.54. The van der Waals surface area contributed by atoms with Crippen LogP contribution in [0.2, 0.25) is 0 Å². The zero-order valence-electron chi connectivity index (χ0n) is 5.55. The van der Waals surface area contributed by atoms with Crippen molar-refractivity contribution in [3.05, 3.63) is 18.9 Å². The van der Waals surface area contributed by atoms with Crippen molar-refractivity contribution in [1.29, 1.82) is 0 Å². The van der Waals surface area contributed by atoms with E-state index in [0.29, 0.717) is 0 Å². The maximum absolute atomic E-state index is 4.83. The van der Waals surface area contributed by atoms with Gasteiger partial charge in [0.2, 0.25) is 0 Å². The highest BCUT2D eigenvalue weighted by molar-refractivity contribution is 4.72. The number of unbranched alkanes of at least 4 members (excludes halogenated alkanes) is 1. The summed E-state index contributed by atoms with van der Waals surface area (Å²) in [6.45, 7) is 5.66. The fourth-order valence-corrected chi connectivity index (χ4v) is 0.369. The van der Waals surface area contributed by atoms with Crippen molar-refractivity contribution < 1.29 is 4.74 Å². The van der Waals surface area contributed by atoms with Crippen LogP contribution in [0.5, 0.6) is 0 Å². The minimum Gasteiger partial charge on any atom is -0.495 e. The number of hydrogen-bond donors (Lipinski definition) is 0. The zero-order chi connectivity index (χ0) is 6.24. The molecule has 0 heterocycles. The summed E-state index contributed by atoms with van der Waals surface area (Å²) < 4.78 is 4.83. The summed E-state index contributed by atoms with van der Waals surface area (Å²) in [6, 6.07) is 0. The average molecular weight is 113 g/mol. The van der Waals surface area contributed by atoms with Crippen LogP contribution < -0.4 is 0 Å². The van der Waals surface area contributed by atoms with E-state index in [4.69, 9.17) is 4.74 Å². The van der Waals surface area contributed by atoms with Crippen LogP contribution in [0, 0.1) is 6.61 Å². The first-order valence-corrected chi connectivity index (χ1v) is 3.00. The van der Waals surface area contributed by atoms with E-state index < -0.39 is 0 Å². The molecule has 0 aliphatic carbocycles. The van der Waals surface area contributed by atoms with Gasteiger partial charge in [-0.25, -0.2) is 0 Å². The maximum Gasteiger partial charge on any atom is 0.131 e. The van der Waals surface area contributed by atoms with Gasteiger partial charge in [0, 0.05) is 0 Å². The van der Waals surface area contributed by atoms with Crippen molar-refractivity contribution >= 4 is 0 Å². The minimum absolute atomic E-state index is 1.10. The second kappa shape index (κ2) is 6.54. The molecule has 0 aromatic heterocycles. The highest BCUT2D eigenvalue weighted by Crippen LogP contribution is 1.89. The third-order valence-electron chi connectivity index (χ3n) is 0.766. The Kier molecular flexibility index (Phi) is 6.16. The fourth-order valence-electron chi connectivity index (χ4n) is 0.369. The van der Waals surface area contributed by atoms with E-state index in [9.17, 15) is 0 Å². The Balaban J connectivity index is 2.83. The molecule has 47 valence electrons. The van der Waals surface area contributed by atoms with Crippen LogP contribution >= 0.6 is 0 Å². The van der Waals surface area contributed by atoms with Crippen LogP contribution in [0.3, 0.4) is 0 Å². The molecule has 0 rings (SSSR count). The van der Waals surface area contributed by atoms with Gasteiger partial charge < -0.3 is 4.74 Å². The van der Waals surface area contributed by atoms with E-state index >= 15 is 0 Å². The molecule has 0 saturated carbocycles. The topological polar surface area (TPSA) is 9.23 Å². The molecule has 1 nitrogen and oxygen atoms in total. The predicted octanol–water partition coefficient (Wildman–Crippen LogP) is 2.50. The summed E-state index contributed by atoms with van der Waals surface area (Å²) in [4.78, 5) is 0. The van der Waals surface area contributed by atoms with E-state index in [1.165, 1.54) is 6.42 Å². The average Bonchev–Trinajstić information content (AvgIpc) is 1.81. The van der Waals surface area contributed by atoms with Crippen LogP contribution in [-0.2, 0) is 4.74 Å². The summed E-state index contributed by atoms with van der Waals surface area (Å²) in [5, 5.41) is 0. The van der Waals surface area contributed by atoms with Crippen molar-refractivity contribution in [3.63, 3.8) is 0 Å². The van der Waals surface area contributed by atoms with Gasteiger partial charge in [-0.2, -0.15) is 0 Å². The van der Waals surface area contributed by atoms with Gasteiger partial charge in [-0.1, -0.05) is 13.3 Å². The molecule has 1 radical (unpaired) electrons. The van der Waals surface area contributed by atoms with Crippen molar-refractivity contribution in [2.45, 2.75) is 26.7 Å². The third-order valence-corrected chi connectivity index (χ3v) is 0.766. The first-order valence-electron chi connectivity index (χ1n) is 3.00. The van der Waals surface area contributed by atoms with Gasteiger partial charge >= 0.3 is 0 Å². The molecular weight excluding hydrogens is 100 g/mol. The van der Waals surface area contributed by atoms with Crippen LogP contribution in [-0.4, -0.2) is 0 Å². The summed E-state index contributed by atoms with van der Waals surface area (Å²) >= 11 is 0. The van der Waals surface area contributed by atoms with E-state index in [1.807, 2.05) is 13.0 Å². The number of rotatable bonds is 4. The van der Waals surface area contributed by atoms with E-state index in [-0.39, 0.29) is 0 Å². The summed E-state index contributed by atoms with van der Waals surface area (Å²) in [6.07, 6.45) is 6.01. The molecule has 0 spiro atoms. The highest BCUT2D eigenvalue weighted by atomic mass is 16.5. The van der Waals surface area contributed by atoms with Crippen molar-refractivity contribution in [1.82, 2.24) is 0 Å². The van der Waals surface area contributed by atoms with Gasteiger partial charge in [-0.05, 0) is 19.4 Å². The molecule has 0 amide bonds. The van der Waals surface area contributed by atoms with E-state index in [1.54, 1.807) is 12.9 Å². The predicted molar refractivity (Wildman–Crippen MR) is 35.1 cm³/mol. The molecule has 0 unspecified atom stereocenters. The van der Waals surface area contributed by atoms with Crippen LogP contribution in [0.25, 0.3) is 0 Å². The number of hydrogen-bond acceptors (Lipinski definition) is 1. The lowest BCUT2D eigenvalue weighted by atomic mass is 10.3. The number of ether oxygens (including phenoxy) is 1. The second-order valence-corrected chi connectivity index (χ2v) is 1.53. The molecule has 0 N–H and O–H groups in total. The van der Waals surface area contributed by atoms with Gasteiger partial charge in [0.05, 0.1) is 6.26 Å². The highest BCUT2D eigenvalue weighted by Gasteiger charge is 1.71. The quantitative estimate of drug-likeness (QED) is 0.509. The lowest BCUT2D eigenvalue weighted by Gasteiger charge is -1.88. The Hall–Kier alpha value is -0.460. The summed E-state index contributed by atoms with van der Waals surface area (Å²) in [5.41, 5.74) is 0. The maximum atomic E-state index is 4.83. The molecule has 0 bridgehead atoms. The van der Waals surface area contributed by atoms with E-state index in [2.05, 4.69) is 6.92 Å². The largest absolute Gasteiger partial charge is 0.495 e. The Morgan fingerprint density at radius 2 is 2.25 bits per heavy atom. The Morgan fingerprint density at radius 3 is 2.75 bits per heavy atom. The first kappa shape index (κ1) is 7.54. The lowest BCUT2D eigenvalue weighted by Crippen LogP contribution is -1.68. The van der Waals surface area contributed by atoms with Gasteiger partial charge in [0.15, 0.2) is 0 Å².